The average molecular weight is 297 g/mol. The van der Waals surface area contributed by atoms with Crippen molar-refractivity contribution in [1.82, 2.24) is 9.80 Å². The van der Waals surface area contributed by atoms with Crippen LogP contribution in [0.3, 0.4) is 0 Å². The molecular formula is C19H40N2. The van der Waals surface area contributed by atoms with E-state index in [1.54, 1.807) is 0 Å². The molecule has 21 heavy (non-hydrogen) atoms. The molecule has 2 fully saturated rings. The molecule has 126 valence electrons. The summed E-state index contributed by atoms with van der Waals surface area (Å²) < 4.78 is 0. The lowest BCUT2D eigenvalue weighted by Crippen LogP contribution is -2.36. The lowest BCUT2D eigenvalue weighted by molar-refractivity contribution is 0.172. The van der Waals surface area contributed by atoms with E-state index in [1.165, 1.54) is 71.1 Å². The Morgan fingerprint density at radius 1 is 0.905 bits per heavy atom. The zero-order chi connectivity index (χ0) is 15.7. The summed E-state index contributed by atoms with van der Waals surface area (Å²) >= 11 is 0. The maximum atomic E-state index is 2.61. The fraction of sp³-hybridized carbons (Fsp3) is 1.00. The summed E-state index contributed by atoms with van der Waals surface area (Å²) in [7, 11) is 2.22. The van der Waals surface area contributed by atoms with Crippen LogP contribution in [0.15, 0.2) is 0 Å². The van der Waals surface area contributed by atoms with Gasteiger partial charge in [0.2, 0.25) is 0 Å². The minimum Gasteiger partial charge on any atom is -0.306 e. The van der Waals surface area contributed by atoms with Crippen LogP contribution in [0.1, 0.15) is 72.6 Å². The standard InChI is InChI=1S/C10H21N.C9H19N/c1-3-11(4-2)10-8-6-5-7-9-10;1-8(2)9-4-6-10(3)7-5-9/h10H,3-9H2,1-2H3;8-9H,4-7H2,1-3H3. The lowest BCUT2D eigenvalue weighted by Gasteiger charge is -2.32. The van der Waals surface area contributed by atoms with Gasteiger partial charge in [-0.1, -0.05) is 47.0 Å². The van der Waals surface area contributed by atoms with Gasteiger partial charge < -0.3 is 9.80 Å². The van der Waals surface area contributed by atoms with Gasteiger partial charge in [-0.2, -0.15) is 0 Å². The number of piperidine rings is 1. The molecular weight excluding hydrogens is 256 g/mol. The maximum absolute atomic E-state index is 2.61. The number of hydrogen-bond donors (Lipinski definition) is 0. The Morgan fingerprint density at radius 2 is 1.43 bits per heavy atom. The van der Waals surface area contributed by atoms with Crippen LogP contribution >= 0.6 is 0 Å². The van der Waals surface area contributed by atoms with Gasteiger partial charge >= 0.3 is 0 Å². The van der Waals surface area contributed by atoms with E-state index in [0.717, 1.165) is 17.9 Å². The molecule has 2 heteroatoms. The van der Waals surface area contributed by atoms with Crippen molar-refractivity contribution < 1.29 is 0 Å². The van der Waals surface area contributed by atoms with Crippen molar-refractivity contribution in [3.63, 3.8) is 0 Å². The van der Waals surface area contributed by atoms with Crippen LogP contribution in [0, 0.1) is 11.8 Å². The van der Waals surface area contributed by atoms with Crippen molar-refractivity contribution in [2.24, 2.45) is 11.8 Å². The molecule has 0 radical (unpaired) electrons. The first kappa shape index (κ1) is 19.0. The minimum absolute atomic E-state index is 0.897. The van der Waals surface area contributed by atoms with Crippen molar-refractivity contribution in [2.75, 3.05) is 33.2 Å². The summed E-state index contributed by atoms with van der Waals surface area (Å²) in [6.07, 6.45) is 10.1. The van der Waals surface area contributed by atoms with Crippen LogP contribution in [-0.4, -0.2) is 49.1 Å². The van der Waals surface area contributed by atoms with Crippen LogP contribution in [0.5, 0.6) is 0 Å². The van der Waals surface area contributed by atoms with Crippen molar-refractivity contribution in [1.29, 1.82) is 0 Å². The van der Waals surface area contributed by atoms with Gasteiger partial charge in [0, 0.05) is 6.04 Å². The SMILES string of the molecule is CC(C)C1CCN(C)CC1.CCN(CC)C1CCCCC1. The van der Waals surface area contributed by atoms with Crippen LogP contribution < -0.4 is 0 Å². The third kappa shape index (κ3) is 7.15. The zero-order valence-corrected chi connectivity index (χ0v) is 15.4. The summed E-state index contributed by atoms with van der Waals surface area (Å²) in [6.45, 7) is 14.3. The Bertz CT molecular complexity index is 234. The van der Waals surface area contributed by atoms with Gasteiger partial charge in [0.15, 0.2) is 0 Å². The Morgan fingerprint density at radius 3 is 1.86 bits per heavy atom. The highest BCUT2D eigenvalue weighted by molar-refractivity contribution is 4.74. The van der Waals surface area contributed by atoms with Crippen molar-refractivity contribution in [2.45, 2.75) is 78.7 Å². The smallest absolute Gasteiger partial charge is 0.00950 e. The molecule has 1 saturated carbocycles. The van der Waals surface area contributed by atoms with Gasteiger partial charge in [-0.05, 0) is 70.7 Å². The Balaban J connectivity index is 0.000000211. The summed E-state index contributed by atoms with van der Waals surface area (Å²) in [5, 5.41) is 0. The van der Waals surface area contributed by atoms with Gasteiger partial charge in [0.1, 0.15) is 0 Å². The average Bonchev–Trinajstić information content (AvgIpc) is 2.51. The van der Waals surface area contributed by atoms with E-state index < -0.39 is 0 Å². The quantitative estimate of drug-likeness (QED) is 0.745. The first-order valence-electron chi connectivity index (χ1n) is 9.51. The molecule has 0 N–H and O–H groups in total. The van der Waals surface area contributed by atoms with Gasteiger partial charge in [-0.3, -0.25) is 0 Å². The number of rotatable bonds is 4. The molecule has 0 aromatic carbocycles. The fourth-order valence-electron chi connectivity index (χ4n) is 3.88. The zero-order valence-electron chi connectivity index (χ0n) is 15.4. The van der Waals surface area contributed by atoms with Gasteiger partial charge in [-0.25, -0.2) is 0 Å². The number of nitrogens with zero attached hydrogens (tertiary/aromatic N) is 2. The highest BCUT2D eigenvalue weighted by Gasteiger charge is 2.19. The molecule has 2 aliphatic rings. The topological polar surface area (TPSA) is 6.48 Å². The minimum atomic E-state index is 0.897. The molecule has 0 aromatic rings. The van der Waals surface area contributed by atoms with Gasteiger partial charge in [0.25, 0.3) is 0 Å². The molecule has 0 atom stereocenters. The van der Waals surface area contributed by atoms with Crippen molar-refractivity contribution >= 4 is 0 Å². The lowest BCUT2D eigenvalue weighted by atomic mass is 9.87. The summed E-state index contributed by atoms with van der Waals surface area (Å²) in [5.74, 6) is 1.89. The van der Waals surface area contributed by atoms with E-state index in [4.69, 9.17) is 0 Å². The summed E-state index contributed by atoms with van der Waals surface area (Å²) in [6, 6.07) is 0.916. The molecule has 1 aliphatic heterocycles. The molecule has 1 heterocycles. The molecule has 0 unspecified atom stereocenters. The van der Waals surface area contributed by atoms with E-state index >= 15 is 0 Å². The Kier molecular flexibility index (Phi) is 9.59. The van der Waals surface area contributed by atoms with Crippen molar-refractivity contribution in [3.05, 3.63) is 0 Å². The molecule has 1 aliphatic carbocycles. The number of likely N-dealkylation sites (tertiary alicyclic amines) is 1. The fourth-order valence-corrected chi connectivity index (χ4v) is 3.88. The first-order chi connectivity index (χ1) is 10.1. The van der Waals surface area contributed by atoms with Crippen LogP contribution in [0.4, 0.5) is 0 Å². The Hall–Kier alpha value is -0.0800. The maximum Gasteiger partial charge on any atom is 0.00950 e. The molecule has 0 amide bonds. The summed E-state index contributed by atoms with van der Waals surface area (Å²) in [4.78, 5) is 5.04. The third-order valence-corrected chi connectivity index (χ3v) is 5.61. The largest absolute Gasteiger partial charge is 0.306 e. The monoisotopic (exact) mass is 296 g/mol. The molecule has 1 saturated heterocycles. The van der Waals surface area contributed by atoms with Crippen molar-refractivity contribution in [3.8, 4) is 0 Å². The predicted molar refractivity (Wildman–Crippen MR) is 94.9 cm³/mol. The highest BCUT2D eigenvalue weighted by Crippen LogP contribution is 2.23. The summed E-state index contributed by atoms with van der Waals surface area (Å²) in [5.41, 5.74) is 0. The molecule has 2 nitrogen and oxygen atoms in total. The highest BCUT2D eigenvalue weighted by atomic mass is 15.1. The normalized spacial score (nSPS) is 22.4. The molecule has 0 aromatic heterocycles. The van der Waals surface area contributed by atoms with Crippen LogP contribution in [-0.2, 0) is 0 Å². The second-order valence-corrected chi connectivity index (χ2v) is 7.40. The second kappa shape index (κ2) is 10.6. The van der Waals surface area contributed by atoms with E-state index in [1.807, 2.05) is 0 Å². The van der Waals surface area contributed by atoms with Crippen LogP contribution in [0.25, 0.3) is 0 Å². The Labute approximate surface area is 134 Å². The second-order valence-electron chi connectivity index (χ2n) is 7.40. The van der Waals surface area contributed by atoms with Crippen LogP contribution in [0.2, 0.25) is 0 Å². The molecule has 0 spiro atoms. The third-order valence-electron chi connectivity index (χ3n) is 5.61. The van der Waals surface area contributed by atoms with Gasteiger partial charge in [0.05, 0.1) is 0 Å². The molecule has 2 rings (SSSR count). The van der Waals surface area contributed by atoms with E-state index in [9.17, 15) is 0 Å². The number of hydrogen-bond acceptors (Lipinski definition) is 2. The van der Waals surface area contributed by atoms with E-state index in [0.29, 0.717) is 0 Å². The van der Waals surface area contributed by atoms with Gasteiger partial charge in [-0.15, -0.1) is 0 Å². The molecule has 0 bridgehead atoms. The van der Waals surface area contributed by atoms with E-state index in [-0.39, 0.29) is 0 Å². The first-order valence-corrected chi connectivity index (χ1v) is 9.51. The van der Waals surface area contributed by atoms with E-state index in [2.05, 4.69) is 44.5 Å². The predicted octanol–water partition coefficient (Wildman–Crippen LogP) is 4.65.